The van der Waals surface area contributed by atoms with Crippen LogP contribution in [0.4, 0.5) is 0 Å². The number of carbonyl (C=O) groups is 4. The summed E-state index contributed by atoms with van der Waals surface area (Å²) in [7, 11) is 0. The first-order valence-corrected chi connectivity index (χ1v) is 10.7. The van der Waals surface area contributed by atoms with Crippen molar-refractivity contribution in [2.45, 2.75) is 37.8 Å². The maximum atomic E-state index is 13.2. The van der Waals surface area contributed by atoms with Gasteiger partial charge in [-0.1, -0.05) is 60.7 Å². The van der Waals surface area contributed by atoms with Gasteiger partial charge in [0.05, 0.1) is 13.0 Å². The molecule has 2 aromatic rings. The highest BCUT2D eigenvalue weighted by Gasteiger charge is 2.36. The molecule has 8 heteroatoms. The molecule has 2 atom stereocenters. The van der Waals surface area contributed by atoms with E-state index < -0.39 is 23.9 Å². The van der Waals surface area contributed by atoms with Crippen LogP contribution >= 0.6 is 0 Å². The van der Waals surface area contributed by atoms with Crippen molar-refractivity contribution in [2.75, 3.05) is 13.1 Å². The molecule has 168 valence electrons. The second-order valence-corrected chi connectivity index (χ2v) is 7.84. The molecule has 8 nitrogen and oxygen atoms in total. The summed E-state index contributed by atoms with van der Waals surface area (Å²) in [5.74, 6) is -1.66. The molecule has 1 aliphatic rings. The fourth-order valence-electron chi connectivity index (χ4n) is 3.84. The molecule has 4 amide bonds. The summed E-state index contributed by atoms with van der Waals surface area (Å²) in [5, 5.41) is 5.31. The third-order valence-electron chi connectivity index (χ3n) is 5.43. The molecule has 0 aliphatic carbocycles. The zero-order valence-corrected chi connectivity index (χ0v) is 17.8. The lowest BCUT2D eigenvalue weighted by molar-refractivity contribution is -0.140. The van der Waals surface area contributed by atoms with Crippen LogP contribution in [0.5, 0.6) is 0 Å². The third kappa shape index (κ3) is 6.41. The number of hydrogen-bond acceptors (Lipinski definition) is 4. The average molecular weight is 437 g/mol. The van der Waals surface area contributed by atoms with Crippen LogP contribution in [0.3, 0.4) is 0 Å². The monoisotopic (exact) mass is 436 g/mol. The van der Waals surface area contributed by atoms with Gasteiger partial charge >= 0.3 is 0 Å². The van der Waals surface area contributed by atoms with Crippen LogP contribution in [0, 0.1) is 0 Å². The molecule has 1 heterocycles. The lowest BCUT2D eigenvalue weighted by Gasteiger charge is -2.28. The van der Waals surface area contributed by atoms with Crippen molar-refractivity contribution < 1.29 is 19.2 Å². The van der Waals surface area contributed by atoms with Crippen LogP contribution in [0.15, 0.2) is 60.7 Å². The number of benzene rings is 2. The third-order valence-corrected chi connectivity index (χ3v) is 5.43. The van der Waals surface area contributed by atoms with Crippen LogP contribution in [0.1, 0.15) is 24.0 Å². The lowest BCUT2D eigenvalue weighted by Crippen LogP contribution is -2.54. The summed E-state index contributed by atoms with van der Waals surface area (Å²) in [5.41, 5.74) is 7.17. The van der Waals surface area contributed by atoms with Crippen LogP contribution in [0.25, 0.3) is 0 Å². The van der Waals surface area contributed by atoms with Gasteiger partial charge in [-0.25, -0.2) is 0 Å². The van der Waals surface area contributed by atoms with Crippen molar-refractivity contribution in [3.8, 4) is 0 Å². The van der Waals surface area contributed by atoms with Gasteiger partial charge in [0.25, 0.3) is 0 Å². The summed E-state index contributed by atoms with van der Waals surface area (Å²) < 4.78 is 0. The normalized spacial score (nSPS) is 16.2. The highest BCUT2D eigenvalue weighted by Crippen LogP contribution is 2.19. The molecule has 0 radical (unpaired) electrons. The Labute approximate surface area is 187 Å². The van der Waals surface area contributed by atoms with Crippen molar-refractivity contribution in [2.24, 2.45) is 5.73 Å². The zero-order chi connectivity index (χ0) is 22.9. The number of nitrogens with one attached hydrogen (secondary N) is 2. The van der Waals surface area contributed by atoms with E-state index in [-0.39, 0.29) is 31.2 Å². The molecule has 2 aromatic carbocycles. The van der Waals surface area contributed by atoms with E-state index >= 15 is 0 Å². The van der Waals surface area contributed by atoms with Crippen molar-refractivity contribution in [3.05, 3.63) is 71.8 Å². The van der Waals surface area contributed by atoms with Crippen molar-refractivity contribution in [1.82, 2.24) is 15.5 Å². The van der Waals surface area contributed by atoms with Crippen LogP contribution < -0.4 is 16.4 Å². The lowest BCUT2D eigenvalue weighted by atomic mass is 10.0. The van der Waals surface area contributed by atoms with Crippen molar-refractivity contribution in [3.63, 3.8) is 0 Å². The first kappa shape index (κ1) is 23.0. The molecule has 0 saturated carbocycles. The molecule has 3 rings (SSSR count). The largest absolute Gasteiger partial charge is 0.368 e. The molecule has 32 heavy (non-hydrogen) atoms. The fourth-order valence-corrected chi connectivity index (χ4v) is 3.84. The number of carbonyl (C=O) groups excluding carboxylic acids is 4. The molecule has 1 aliphatic heterocycles. The number of amides is 4. The zero-order valence-electron chi connectivity index (χ0n) is 17.8. The smallest absolute Gasteiger partial charge is 0.246 e. The number of rotatable bonds is 9. The van der Waals surface area contributed by atoms with Gasteiger partial charge in [0.15, 0.2) is 0 Å². The molecular weight excluding hydrogens is 408 g/mol. The average Bonchev–Trinajstić information content (AvgIpc) is 3.28. The van der Waals surface area contributed by atoms with Gasteiger partial charge in [-0.3, -0.25) is 19.2 Å². The Bertz CT molecular complexity index is 949. The molecule has 0 unspecified atom stereocenters. The molecule has 1 saturated heterocycles. The Morgan fingerprint density at radius 2 is 1.56 bits per heavy atom. The molecular formula is C24H28N4O4. The Morgan fingerprint density at radius 1 is 0.938 bits per heavy atom. The number of nitrogens with two attached hydrogens (primary N) is 1. The van der Waals surface area contributed by atoms with Gasteiger partial charge in [-0.15, -0.1) is 0 Å². The summed E-state index contributed by atoms with van der Waals surface area (Å²) in [6, 6.07) is 17.0. The van der Waals surface area contributed by atoms with E-state index in [1.165, 1.54) is 4.90 Å². The quantitative estimate of drug-likeness (QED) is 0.531. The first-order chi connectivity index (χ1) is 15.4. The van der Waals surface area contributed by atoms with E-state index in [1.54, 1.807) is 0 Å². The van der Waals surface area contributed by atoms with Gasteiger partial charge in [0.2, 0.25) is 23.6 Å². The fraction of sp³-hybridized carbons (Fsp3) is 0.333. The van der Waals surface area contributed by atoms with E-state index in [9.17, 15) is 19.2 Å². The molecule has 0 aromatic heterocycles. The molecule has 0 bridgehead atoms. The summed E-state index contributed by atoms with van der Waals surface area (Å²) in [4.78, 5) is 51.1. The topological polar surface area (TPSA) is 122 Å². The highest BCUT2D eigenvalue weighted by molar-refractivity contribution is 5.93. The van der Waals surface area contributed by atoms with Gasteiger partial charge in [0.1, 0.15) is 12.1 Å². The SMILES string of the molecule is NC(=O)[C@@H]1CCCN1C(=O)[C@H](Cc1ccccc1)NC(=O)CNC(=O)Cc1ccccc1. The van der Waals surface area contributed by atoms with E-state index in [1.807, 2.05) is 60.7 Å². The van der Waals surface area contributed by atoms with Crippen LogP contribution in [-0.2, 0) is 32.0 Å². The first-order valence-electron chi connectivity index (χ1n) is 10.7. The minimum absolute atomic E-state index is 0.161. The van der Waals surface area contributed by atoms with Crippen LogP contribution in [-0.4, -0.2) is 53.7 Å². The number of hydrogen-bond donors (Lipinski definition) is 3. The van der Waals surface area contributed by atoms with Crippen molar-refractivity contribution >= 4 is 23.6 Å². The maximum absolute atomic E-state index is 13.2. The van der Waals surface area contributed by atoms with E-state index in [4.69, 9.17) is 5.73 Å². The van der Waals surface area contributed by atoms with Gasteiger partial charge < -0.3 is 21.3 Å². The number of primary amides is 1. The summed E-state index contributed by atoms with van der Waals surface area (Å²) in [6.07, 6.45) is 1.63. The predicted molar refractivity (Wildman–Crippen MR) is 119 cm³/mol. The Kier molecular flexibility index (Phi) is 7.96. The van der Waals surface area contributed by atoms with Crippen molar-refractivity contribution in [1.29, 1.82) is 0 Å². The predicted octanol–water partition coefficient (Wildman–Crippen LogP) is 0.549. The second kappa shape index (κ2) is 11.1. The molecule has 1 fully saturated rings. The van der Waals surface area contributed by atoms with Gasteiger partial charge in [-0.05, 0) is 24.0 Å². The van der Waals surface area contributed by atoms with E-state index in [2.05, 4.69) is 10.6 Å². The minimum atomic E-state index is -0.865. The van der Waals surface area contributed by atoms with E-state index in [0.717, 1.165) is 11.1 Å². The molecule has 4 N–H and O–H groups in total. The van der Waals surface area contributed by atoms with Gasteiger partial charge in [0, 0.05) is 13.0 Å². The van der Waals surface area contributed by atoms with E-state index in [0.29, 0.717) is 19.4 Å². The Hall–Kier alpha value is -3.68. The number of nitrogens with zero attached hydrogens (tertiary/aromatic N) is 1. The summed E-state index contributed by atoms with van der Waals surface area (Å²) in [6.45, 7) is 0.172. The second-order valence-electron chi connectivity index (χ2n) is 7.84. The van der Waals surface area contributed by atoms with Gasteiger partial charge in [-0.2, -0.15) is 0 Å². The standard InChI is InChI=1S/C24H28N4O4/c25-23(31)20-12-7-13-28(20)24(32)19(14-17-8-3-1-4-9-17)27-22(30)16-26-21(29)15-18-10-5-2-6-11-18/h1-6,8-11,19-20H,7,12-16H2,(H2,25,31)(H,26,29)(H,27,30)/t19-,20-/m0/s1. The molecule has 0 spiro atoms. The summed E-state index contributed by atoms with van der Waals surface area (Å²) >= 11 is 0. The number of likely N-dealkylation sites (tertiary alicyclic amines) is 1. The Morgan fingerprint density at radius 3 is 2.19 bits per heavy atom. The Balaban J connectivity index is 1.62. The maximum Gasteiger partial charge on any atom is 0.246 e. The minimum Gasteiger partial charge on any atom is -0.368 e. The van der Waals surface area contributed by atoms with Crippen LogP contribution in [0.2, 0.25) is 0 Å². The highest BCUT2D eigenvalue weighted by atomic mass is 16.2.